The van der Waals surface area contributed by atoms with E-state index in [1.54, 1.807) is 24.3 Å². The third kappa shape index (κ3) is 4.48. The number of hydrogen-bond acceptors (Lipinski definition) is 3. The number of amides is 1. The number of benzene rings is 1. The minimum absolute atomic E-state index is 0.115. The van der Waals surface area contributed by atoms with E-state index in [0.29, 0.717) is 5.56 Å². The van der Waals surface area contributed by atoms with Crippen LogP contribution in [0.4, 0.5) is 13.2 Å². The van der Waals surface area contributed by atoms with Crippen LogP contribution < -0.4 is 10.6 Å². The highest BCUT2D eigenvalue weighted by Gasteiger charge is 2.47. The summed E-state index contributed by atoms with van der Waals surface area (Å²) >= 11 is 0. The number of alkyl halides is 3. The summed E-state index contributed by atoms with van der Waals surface area (Å²) < 4.78 is 41.0. The highest BCUT2D eigenvalue weighted by molar-refractivity contribution is 5.76. The first-order valence-electron chi connectivity index (χ1n) is 8.06. The third-order valence-corrected chi connectivity index (χ3v) is 4.57. The molecule has 5 atom stereocenters. The van der Waals surface area contributed by atoms with E-state index in [0.717, 1.165) is 0 Å². The van der Waals surface area contributed by atoms with Gasteiger partial charge < -0.3 is 15.7 Å². The summed E-state index contributed by atoms with van der Waals surface area (Å²) in [5.74, 6) is -1.33. The van der Waals surface area contributed by atoms with Crippen LogP contribution in [-0.2, 0) is 4.79 Å². The molecule has 1 saturated heterocycles. The lowest BCUT2D eigenvalue weighted by molar-refractivity contribution is -0.121. The van der Waals surface area contributed by atoms with Gasteiger partial charge >= 0.3 is 0 Å². The van der Waals surface area contributed by atoms with Gasteiger partial charge in [0.2, 0.25) is 5.91 Å². The van der Waals surface area contributed by atoms with E-state index >= 15 is 0 Å². The van der Waals surface area contributed by atoms with Gasteiger partial charge in [-0.05, 0) is 18.4 Å². The van der Waals surface area contributed by atoms with Crippen LogP contribution in [0.2, 0.25) is 0 Å². The summed E-state index contributed by atoms with van der Waals surface area (Å²) in [6, 6.07) is 6.60. The van der Waals surface area contributed by atoms with Crippen LogP contribution in [0.1, 0.15) is 30.9 Å². The Morgan fingerprint density at radius 1 is 1.33 bits per heavy atom. The fourth-order valence-corrected chi connectivity index (χ4v) is 3.22. The van der Waals surface area contributed by atoms with Gasteiger partial charge in [-0.15, -0.1) is 0 Å². The lowest BCUT2D eigenvalue weighted by Crippen LogP contribution is -2.39. The Kier molecular flexibility index (Phi) is 6.62. The standard InChI is InChI=1S/C17H23F3N2O2/c1-21-14(24)9-12-15(18)11(16(22-12)17(19)20)7-8-13(23)10-5-3-2-4-6-10/h2-6,11-13,15-17,22-23H,7-9H2,1H3,(H,21,24)/t11-,12+,13?,15-,16-/m0/s1. The highest BCUT2D eigenvalue weighted by Crippen LogP contribution is 2.34. The zero-order chi connectivity index (χ0) is 17.7. The quantitative estimate of drug-likeness (QED) is 0.711. The van der Waals surface area contributed by atoms with Crippen molar-refractivity contribution >= 4 is 5.91 Å². The molecule has 2 rings (SSSR count). The van der Waals surface area contributed by atoms with Crippen LogP contribution in [0.5, 0.6) is 0 Å². The molecule has 1 aliphatic heterocycles. The Morgan fingerprint density at radius 3 is 2.58 bits per heavy atom. The number of hydrogen-bond donors (Lipinski definition) is 3. The van der Waals surface area contributed by atoms with Crippen molar-refractivity contribution in [1.82, 2.24) is 10.6 Å². The van der Waals surface area contributed by atoms with Gasteiger partial charge in [-0.1, -0.05) is 30.3 Å². The van der Waals surface area contributed by atoms with Gasteiger partial charge in [-0.2, -0.15) is 0 Å². The van der Waals surface area contributed by atoms with Crippen molar-refractivity contribution in [2.45, 2.75) is 50.0 Å². The van der Waals surface area contributed by atoms with Crippen molar-refractivity contribution in [3.05, 3.63) is 35.9 Å². The van der Waals surface area contributed by atoms with Crippen molar-refractivity contribution in [1.29, 1.82) is 0 Å². The van der Waals surface area contributed by atoms with E-state index in [2.05, 4.69) is 10.6 Å². The predicted molar refractivity (Wildman–Crippen MR) is 84.4 cm³/mol. The monoisotopic (exact) mass is 344 g/mol. The number of aliphatic hydroxyl groups excluding tert-OH is 1. The number of carbonyl (C=O) groups is 1. The first kappa shape index (κ1) is 18.7. The topological polar surface area (TPSA) is 61.4 Å². The molecule has 1 aromatic rings. The van der Waals surface area contributed by atoms with Crippen LogP contribution in [0.15, 0.2) is 30.3 Å². The number of rotatable bonds is 7. The average molecular weight is 344 g/mol. The van der Waals surface area contributed by atoms with E-state index in [4.69, 9.17) is 0 Å². The summed E-state index contributed by atoms with van der Waals surface area (Å²) in [6.07, 6.45) is -4.98. The molecule has 1 unspecified atom stereocenters. The van der Waals surface area contributed by atoms with Gasteiger partial charge in [0.05, 0.1) is 12.1 Å². The van der Waals surface area contributed by atoms with Crippen molar-refractivity contribution in [3.63, 3.8) is 0 Å². The maximum atomic E-state index is 14.6. The predicted octanol–water partition coefficient (Wildman–Crippen LogP) is 2.20. The van der Waals surface area contributed by atoms with E-state index in [1.165, 1.54) is 7.05 Å². The van der Waals surface area contributed by atoms with Crippen molar-refractivity contribution in [2.24, 2.45) is 5.92 Å². The molecule has 1 aromatic carbocycles. The smallest absolute Gasteiger partial charge is 0.254 e. The largest absolute Gasteiger partial charge is 0.388 e. The maximum Gasteiger partial charge on any atom is 0.254 e. The molecular formula is C17H23F3N2O2. The molecule has 0 saturated carbocycles. The molecule has 0 spiro atoms. The van der Waals surface area contributed by atoms with Crippen LogP contribution in [0.25, 0.3) is 0 Å². The fraction of sp³-hybridized carbons (Fsp3) is 0.588. The average Bonchev–Trinajstić information content (AvgIpc) is 2.89. The first-order chi connectivity index (χ1) is 11.4. The summed E-state index contributed by atoms with van der Waals surface area (Å²) in [7, 11) is 1.42. The number of carbonyl (C=O) groups excluding carboxylic acids is 1. The molecule has 134 valence electrons. The Balaban J connectivity index is 1.99. The zero-order valence-electron chi connectivity index (χ0n) is 13.5. The molecule has 0 bridgehead atoms. The Bertz CT molecular complexity index is 530. The SMILES string of the molecule is CNC(=O)C[C@H]1N[C@H](C(F)F)[C@@H](CCC(O)c2ccccc2)[C@@H]1F. The summed E-state index contributed by atoms with van der Waals surface area (Å²) in [6.45, 7) is 0. The molecular weight excluding hydrogens is 321 g/mol. The number of halogens is 3. The second kappa shape index (κ2) is 8.48. The molecule has 1 heterocycles. The number of nitrogens with one attached hydrogen (secondary N) is 2. The zero-order valence-corrected chi connectivity index (χ0v) is 13.5. The third-order valence-electron chi connectivity index (χ3n) is 4.57. The van der Waals surface area contributed by atoms with Crippen LogP contribution in [-0.4, -0.2) is 42.7 Å². The van der Waals surface area contributed by atoms with Gasteiger partial charge in [0.1, 0.15) is 6.17 Å². The number of aliphatic hydroxyl groups is 1. The van der Waals surface area contributed by atoms with Gasteiger partial charge in [0.25, 0.3) is 6.43 Å². The van der Waals surface area contributed by atoms with Crippen molar-refractivity contribution < 1.29 is 23.1 Å². The van der Waals surface area contributed by atoms with E-state index < -0.39 is 42.6 Å². The Morgan fingerprint density at radius 2 is 2.00 bits per heavy atom. The lowest BCUT2D eigenvalue weighted by Gasteiger charge is -2.21. The normalized spacial score (nSPS) is 28.1. The molecule has 0 radical (unpaired) electrons. The van der Waals surface area contributed by atoms with Gasteiger partial charge in [0.15, 0.2) is 0 Å². The second-order valence-electron chi connectivity index (χ2n) is 6.12. The lowest BCUT2D eigenvalue weighted by atomic mass is 9.89. The Hall–Kier alpha value is -1.60. The summed E-state index contributed by atoms with van der Waals surface area (Å²) in [5.41, 5.74) is 0.675. The maximum absolute atomic E-state index is 14.6. The highest BCUT2D eigenvalue weighted by atomic mass is 19.3. The summed E-state index contributed by atoms with van der Waals surface area (Å²) in [5, 5.41) is 15.1. The molecule has 7 heteroatoms. The minimum Gasteiger partial charge on any atom is -0.388 e. The molecule has 4 nitrogen and oxygen atoms in total. The van der Waals surface area contributed by atoms with E-state index in [1.807, 2.05) is 6.07 Å². The second-order valence-corrected chi connectivity index (χ2v) is 6.12. The van der Waals surface area contributed by atoms with Crippen LogP contribution in [0.3, 0.4) is 0 Å². The van der Waals surface area contributed by atoms with Gasteiger partial charge in [-0.25, -0.2) is 13.2 Å². The molecule has 1 aliphatic rings. The van der Waals surface area contributed by atoms with Gasteiger partial charge in [0, 0.05) is 25.4 Å². The molecule has 24 heavy (non-hydrogen) atoms. The van der Waals surface area contributed by atoms with Crippen molar-refractivity contribution in [3.8, 4) is 0 Å². The Labute approximate surface area is 139 Å². The van der Waals surface area contributed by atoms with E-state index in [9.17, 15) is 23.1 Å². The minimum atomic E-state index is -2.73. The van der Waals surface area contributed by atoms with Crippen molar-refractivity contribution in [2.75, 3.05) is 7.05 Å². The fourth-order valence-electron chi connectivity index (χ4n) is 3.22. The first-order valence-corrected chi connectivity index (χ1v) is 8.06. The molecule has 3 N–H and O–H groups in total. The van der Waals surface area contributed by atoms with E-state index in [-0.39, 0.29) is 19.3 Å². The molecule has 0 aromatic heterocycles. The van der Waals surface area contributed by atoms with Crippen LogP contribution >= 0.6 is 0 Å². The molecule has 0 aliphatic carbocycles. The van der Waals surface area contributed by atoms with Gasteiger partial charge in [-0.3, -0.25) is 4.79 Å². The molecule has 1 amide bonds. The van der Waals surface area contributed by atoms with Crippen LogP contribution in [0, 0.1) is 5.92 Å². The summed E-state index contributed by atoms with van der Waals surface area (Å²) in [4.78, 5) is 11.4. The molecule has 1 fully saturated rings.